The van der Waals surface area contributed by atoms with Crippen LogP contribution in [-0.2, 0) is 17.6 Å². The molecule has 3 rings (SSSR count). The first-order valence-corrected chi connectivity index (χ1v) is 8.95. The molecule has 4 nitrogen and oxygen atoms in total. The normalized spacial score (nSPS) is 10.6. The van der Waals surface area contributed by atoms with Crippen molar-refractivity contribution < 1.29 is 9.18 Å². The molecule has 3 aromatic rings. The SMILES string of the molecule is O=C(CCc1csc(-c2cccnc2)n1)NCCc1ccccc1F. The third kappa shape index (κ3) is 4.93. The number of carbonyl (C=O) groups excluding carboxylic acids is 1. The van der Waals surface area contributed by atoms with E-state index in [1.54, 1.807) is 41.9 Å². The van der Waals surface area contributed by atoms with Crippen molar-refractivity contribution in [1.29, 1.82) is 0 Å². The maximum atomic E-state index is 13.5. The van der Waals surface area contributed by atoms with Crippen molar-refractivity contribution in [3.05, 3.63) is 71.2 Å². The van der Waals surface area contributed by atoms with E-state index in [2.05, 4.69) is 15.3 Å². The average molecular weight is 355 g/mol. The first-order chi connectivity index (χ1) is 12.2. The summed E-state index contributed by atoms with van der Waals surface area (Å²) in [6, 6.07) is 10.5. The van der Waals surface area contributed by atoms with E-state index in [-0.39, 0.29) is 11.7 Å². The van der Waals surface area contributed by atoms with Gasteiger partial charge in [0.25, 0.3) is 0 Å². The number of thiazole rings is 1. The number of hydrogen-bond donors (Lipinski definition) is 1. The molecule has 0 spiro atoms. The van der Waals surface area contributed by atoms with E-state index in [0.29, 0.717) is 31.4 Å². The summed E-state index contributed by atoms with van der Waals surface area (Å²) in [4.78, 5) is 20.6. The van der Waals surface area contributed by atoms with Crippen LogP contribution in [0.4, 0.5) is 4.39 Å². The Kier molecular flexibility index (Phi) is 5.85. The Labute approximate surface area is 149 Å². The molecule has 128 valence electrons. The van der Waals surface area contributed by atoms with Gasteiger partial charge in [0.15, 0.2) is 0 Å². The molecule has 0 radical (unpaired) electrons. The van der Waals surface area contributed by atoms with Gasteiger partial charge in [-0.3, -0.25) is 9.78 Å². The fourth-order valence-electron chi connectivity index (χ4n) is 2.41. The number of nitrogens with zero attached hydrogens (tertiary/aromatic N) is 2. The summed E-state index contributed by atoms with van der Waals surface area (Å²) >= 11 is 1.55. The highest BCUT2D eigenvalue weighted by Gasteiger charge is 2.08. The molecular formula is C19H18FN3OS. The molecule has 0 atom stereocenters. The van der Waals surface area contributed by atoms with Gasteiger partial charge < -0.3 is 5.32 Å². The fourth-order valence-corrected chi connectivity index (χ4v) is 3.26. The highest BCUT2D eigenvalue weighted by molar-refractivity contribution is 7.13. The number of halogens is 1. The van der Waals surface area contributed by atoms with Crippen LogP contribution in [0.15, 0.2) is 54.2 Å². The molecule has 2 aromatic heterocycles. The van der Waals surface area contributed by atoms with Crippen LogP contribution in [0, 0.1) is 5.82 Å². The Morgan fingerprint density at radius 3 is 2.84 bits per heavy atom. The number of hydrogen-bond acceptors (Lipinski definition) is 4. The van der Waals surface area contributed by atoms with Crippen LogP contribution in [0.2, 0.25) is 0 Å². The van der Waals surface area contributed by atoms with Crippen molar-refractivity contribution in [3.8, 4) is 10.6 Å². The topological polar surface area (TPSA) is 54.9 Å². The molecule has 1 aromatic carbocycles. The van der Waals surface area contributed by atoms with Crippen LogP contribution < -0.4 is 5.32 Å². The maximum Gasteiger partial charge on any atom is 0.220 e. The van der Waals surface area contributed by atoms with Gasteiger partial charge in [0, 0.05) is 36.3 Å². The molecule has 0 saturated heterocycles. The molecule has 0 unspecified atom stereocenters. The van der Waals surface area contributed by atoms with Crippen LogP contribution in [-0.4, -0.2) is 22.4 Å². The number of aryl methyl sites for hydroxylation is 1. The van der Waals surface area contributed by atoms with E-state index in [0.717, 1.165) is 16.3 Å². The fraction of sp³-hybridized carbons (Fsp3) is 0.211. The van der Waals surface area contributed by atoms with Crippen molar-refractivity contribution in [1.82, 2.24) is 15.3 Å². The van der Waals surface area contributed by atoms with Crippen molar-refractivity contribution in [2.45, 2.75) is 19.3 Å². The summed E-state index contributed by atoms with van der Waals surface area (Å²) in [6.45, 7) is 0.428. The minimum atomic E-state index is -0.234. The monoisotopic (exact) mass is 355 g/mol. The Morgan fingerprint density at radius 2 is 2.04 bits per heavy atom. The van der Waals surface area contributed by atoms with Gasteiger partial charge in [-0.15, -0.1) is 11.3 Å². The molecule has 6 heteroatoms. The van der Waals surface area contributed by atoms with Gasteiger partial charge in [-0.2, -0.15) is 0 Å². The molecule has 0 saturated carbocycles. The highest BCUT2D eigenvalue weighted by Crippen LogP contribution is 2.23. The number of aromatic nitrogens is 2. The number of benzene rings is 1. The van der Waals surface area contributed by atoms with E-state index in [1.165, 1.54) is 6.07 Å². The van der Waals surface area contributed by atoms with Crippen LogP contribution in [0.1, 0.15) is 17.7 Å². The quantitative estimate of drug-likeness (QED) is 0.704. The number of pyridine rings is 1. The van der Waals surface area contributed by atoms with Crippen LogP contribution >= 0.6 is 11.3 Å². The molecule has 0 fully saturated rings. The molecule has 0 aliphatic carbocycles. The van der Waals surface area contributed by atoms with Crippen LogP contribution in [0.5, 0.6) is 0 Å². The second-order valence-electron chi connectivity index (χ2n) is 5.58. The van der Waals surface area contributed by atoms with E-state index in [9.17, 15) is 9.18 Å². The second kappa shape index (κ2) is 8.48. The summed E-state index contributed by atoms with van der Waals surface area (Å²) in [5, 5.41) is 5.70. The molecule has 2 heterocycles. The van der Waals surface area contributed by atoms with Crippen LogP contribution in [0.3, 0.4) is 0 Å². The molecule has 0 bridgehead atoms. The van der Waals surface area contributed by atoms with E-state index in [1.807, 2.05) is 17.5 Å². The minimum absolute atomic E-state index is 0.0488. The predicted molar refractivity (Wildman–Crippen MR) is 96.8 cm³/mol. The zero-order valence-corrected chi connectivity index (χ0v) is 14.4. The highest BCUT2D eigenvalue weighted by atomic mass is 32.1. The Balaban J connectivity index is 1.44. The summed E-state index contributed by atoms with van der Waals surface area (Å²) < 4.78 is 13.5. The summed E-state index contributed by atoms with van der Waals surface area (Å²) in [6.07, 6.45) is 4.94. The van der Waals surface area contributed by atoms with Crippen molar-refractivity contribution in [2.75, 3.05) is 6.54 Å². The first-order valence-electron chi connectivity index (χ1n) is 8.07. The lowest BCUT2D eigenvalue weighted by molar-refractivity contribution is -0.121. The zero-order valence-electron chi connectivity index (χ0n) is 13.6. The van der Waals surface area contributed by atoms with Gasteiger partial charge in [-0.25, -0.2) is 9.37 Å². The van der Waals surface area contributed by atoms with Crippen molar-refractivity contribution >= 4 is 17.2 Å². The summed E-state index contributed by atoms with van der Waals surface area (Å²) in [5.41, 5.74) is 2.49. The lowest BCUT2D eigenvalue weighted by Gasteiger charge is -2.05. The number of nitrogens with one attached hydrogen (secondary N) is 1. The van der Waals surface area contributed by atoms with Gasteiger partial charge in [0.1, 0.15) is 10.8 Å². The number of amides is 1. The largest absolute Gasteiger partial charge is 0.356 e. The minimum Gasteiger partial charge on any atom is -0.356 e. The molecule has 25 heavy (non-hydrogen) atoms. The smallest absolute Gasteiger partial charge is 0.220 e. The average Bonchev–Trinajstić information content (AvgIpc) is 3.11. The van der Waals surface area contributed by atoms with Gasteiger partial charge in [0.05, 0.1) is 5.69 Å². The Morgan fingerprint density at radius 1 is 1.16 bits per heavy atom. The molecule has 0 aliphatic heterocycles. The third-order valence-corrected chi connectivity index (χ3v) is 4.68. The van der Waals surface area contributed by atoms with Gasteiger partial charge >= 0.3 is 0 Å². The standard InChI is InChI=1S/C19H18FN3OS/c20-17-6-2-1-4-14(17)9-11-22-18(24)8-7-16-13-25-19(23-16)15-5-3-10-21-12-15/h1-6,10,12-13H,7-9,11H2,(H,22,24). The van der Waals surface area contributed by atoms with Gasteiger partial charge in [-0.05, 0) is 36.6 Å². The first kappa shape index (κ1) is 17.2. The molecular weight excluding hydrogens is 337 g/mol. The van der Waals surface area contributed by atoms with E-state index < -0.39 is 0 Å². The van der Waals surface area contributed by atoms with E-state index >= 15 is 0 Å². The zero-order chi connectivity index (χ0) is 17.5. The van der Waals surface area contributed by atoms with Crippen molar-refractivity contribution in [2.24, 2.45) is 0 Å². The van der Waals surface area contributed by atoms with Gasteiger partial charge in [-0.1, -0.05) is 18.2 Å². The number of carbonyl (C=O) groups is 1. The molecule has 1 N–H and O–H groups in total. The second-order valence-corrected chi connectivity index (χ2v) is 6.44. The lowest BCUT2D eigenvalue weighted by Crippen LogP contribution is -2.26. The Hall–Kier alpha value is -2.60. The Bertz CT molecular complexity index is 835. The molecule has 1 amide bonds. The van der Waals surface area contributed by atoms with Crippen LogP contribution in [0.25, 0.3) is 10.6 Å². The van der Waals surface area contributed by atoms with Crippen molar-refractivity contribution in [3.63, 3.8) is 0 Å². The third-order valence-electron chi connectivity index (χ3n) is 3.74. The number of rotatable bonds is 7. The predicted octanol–water partition coefficient (Wildman–Crippen LogP) is 3.64. The molecule has 0 aliphatic rings. The summed E-state index contributed by atoms with van der Waals surface area (Å²) in [5.74, 6) is -0.283. The van der Waals surface area contributed by atoms with Gasteiger partial charge in [0.2, 0.25) is 5.91 Å². The van der Waals surface area contributed by atoms with E-state index in [4.69, 9.17) is 0 Å². The lowest BCUT2D eigenvalue weighted by atomic mass is 10.1. The summed E-state index contributed by atoms with van der Waals surface area (Å²) in [7, 11) is 0. The maximum absolute atomic E-state index is 13.5.